The molecule has 0 radical (unpaired) electrons. The molecule has 4 rings (SSSR count). The van der Waals surface area contributed by atoms with Crippen molar-refractivity contribution in [3.05, 3.63) is 30.5 Å². The molecule has 0 aliphatic carbocycles. The molecule has 2 fully saturated rings. The van der Waals surface area contributed by atoms with Crippen molar-refractivity contribution in [2.24, 2.45) is 0 Å². The molecule has 0 spiro atoms. The van der Waals surface area contributed by atoms with Crippen LogP contribution in [0.5, 0.6) is 5.75 Å². The van der Waals surface area contributed by atoms with Gasteiger partial charge in [0.05, 0.1) is 19.8 Å². The average molecular weight is 427 g/mol. The summed E-state index contributed by atoms with van der Waals surface area (Å²) in [4.78, 5) is 3.02. The standard InChI is InChI=1S/C19H25NO10/c21-7-19(26)8-28-18(16(19)25)27-6-12-13(22)14(23)15(24)17(30-12)29-11-5-20-10-4-2-1-3-9(10)11/h1-5,12-18,20-26H,6-8H2. The second kappa shape index (κ2) is 8.38. The molecule has 8 atom stereocenters. The number of rotatable bonds is 6. The van der Waals surface area contributed by atoms with Crippen molar-refractivity contribution in [2.45, 2.75) is 48.7 Å². The minimum atomic E-state index is -1.85. The van der Waals surface area contributed by atoms with E-state index in [2.05, 4.69) is 4.98 Å². The van der Waals surface area contributed by atoms with Gasteiger partial charge < -0.3 is 54.6 Å². The first-order valence-corrected chi connectivity index (χ1v) is 9.51. The number of benzene rings is 1. The Bertz CT molecular complexity index is 861. The van der Waals surface area contributed by atoms with E-state index >= 15 is 0 Å². The van der Waals surface area contributed by atoms with Crippen molar-refractivity contribution in [3.63, 3.8) is 0 Å². The first-order chi connectivity index (χ1) is 14.3. The highest BCUT2D eigenvalue weighted by Crippen LogP contribution is 2.31. The fourth-order valence-electron chi connectivity index (χ4n) is 3.54. The Hall–Kier alpha value is -1.80. The zero-order valence-electron chi connectivity index (χ0n) is 15.9. The molecule has 0 amide bonds. The van der Waals surface area contributed by atoms with E-state index in [1.54, 1.807) is 6.20 Å². The van der Waals surface area contributed by atoms with Crippen LogP contribution in [-0.2, 0) is 14.2 Å². The van der Waals surface area contributed by atoms with E-state index in [-0.39, 0.29) is 13.2 Å². The number of aromatic nitrogens is 1. The third-order valence-electron chi connectivity index (χ3n) is 5.47. The van der Waals surface area contributed by atoms with Gasteiger partial charge in [-0.05, 0) is 12.1 Å². The molecule has 2 saturated heterocycles. The monoisotopic (exact) mass is 427 g/mol. The van der Waals surface area contributed by atoms with Crippen molar-refractivity contribution in [1.82, 2.24) is 4.98 Å². The summed E-state index contributed by atoms with van der Waals surface area (Å²) in [5.41, 5.74) is -1.05. The summed E-state index contributed by atoms with van der Waals surface area (Å²) < 4.78 is 21.9. The number of aromatic amines is 1. The first kappa shape index (κ1) is 21.4. The van der Waals surface area contributed by atoms with Crippen LogP contribution in [0.4, 0.5) is 0 Å². The highest BCUT2D eigenvalue weighted by molar-refractivity contribution is 5.85. The first-order valence-electron chi connectivity index (χ1n) is 9.51. The van der Waals surface area contributed by atoms with Gasteiger partial charge in [-0.15, -0.1) is 0 Å². The summed E-state index contributed by atoms with van der Waals surface area (Å²) in [5.74, 6) is 0.389. The quantitative estimate of drug-likeness (QED) is 0.268. The highest BCUT2D eigenvalue weighted by Gasteiger charge is 2.50. The minimum absolute atomic E-state index is 0.336. The number of aliphatic hydroxyl groups excluding tert-OH is 5. The van der Waals surface area contributed by atoms with Gasteiger partial charge in [0.2, 0.25) is 6.29 Å². The van der Waals surface area contributed by atoms with E-state index in [1.165, 1.54) is 0 Å². The Morgan fingerprint density at radius 3 is 2.57 bits per heavy atom. The summed E-state index contributed by atoms with van der Waals surface area (Å²) in [6, 6.07) is 7.32. The van der Waals surface area contributed by atoms with Gasteiger partial charge in [-0.3, -0.25) is 0 Å². The Morgan fingerprint density at radius 2 is 1.83 bits per heavy atom. The van der Waals surface area contributed by atoms with Crippen LogP contribution in [-0.4, -0.2) is 104 Å². The SMILES string of the molecule is OCC1(O)COC(OCC2OC(Oc3c[nH]c4ccccc34)C(O)C(O)C2O)C1O. The largest absolute Gasteiger partial charge is 0.460 e. The van der Waals surface area contributed by atoms with Crippen molar-refractivity contribution < 1.29 is 49.6 Å². The maximum atomic E-state index is 10.3. The molecule has 0 bridgehead atoms. The van der Waals surface area contributed by atoms with E-state index in [9.17, 15) is 30.6 Å². The molecular formula is C19H25NO10. The second-order valence-electron chi connectivity index (χ2n) is 7.55. The maximum absolute atomic E-state index is 10.3. The molecule has 11 nitrogen and oxygen atoms in total. The van der Waals surface area contributed by atoms with Crippen LogP contribution >= 0.6 is 0 Å². The lowest BCUT2D eigenvalue weighted by Crippen LogP contribution is -2.60. The van der Waals surface area contributed by atoms with Crippen LogP contribution in [0.1, 0.15) is 0 Å². The lowest BCUT2D eigenvalue weighted by atomic mass is 9.99. The maximum Gasteiger partial charge on any atom is 0.229 e. The number of hydrogen-bond donors (Lipinski definition) is 7. The summed E-state index contributed by atoms with van der Waals surface area (Å²) in [6.45, 7) is -1.40. The number of para-hydroxylation sites is 1. The molecule has 7 N–H and O–H groups in total. The van der Waals surface area contributed by atoms with Crippen molar-refractivity contribution in [3.8, 4) is 5.75 Å². The third-order valence-corrected chi connectivity index (χ3v) is 5.47. The lowest BCUT2D eigenvalue weighted by Gasteiger charge is -2.40. The topological polar surface area (TPSA) is 174 Å². The zero-order valence-corrected chi connectivity index (χ0v) is 15.9. The van der Waals surface area contributed by atoms with Crippen LogP contribution in [0.2, 0.25) is 0 Å². The lowest BCUT2D eigenvalue weighted by molar-refractivity contribution is -0.289. The van der Waals surface area contributed by atoms with Gasteiger partial charge in [0.15, 0.2) is 6.29 Å². The van der Waals surface area contributed by atoms with E-state index in [0.29, 0.717) is 5.75 Å². The molecule has 1 aromatic carbocycles. The molecule has 2 aromatic rings. The van der Waals surface area contributed by atoms with Crippen LogP contribution in [0, 0.1) is 0 Å². The summed E-state index contributed by atoms with van der Waals surface area (Å²) in [5, 5.41) is 60.7. The summed E-state index contributed by atoms with van der Waals surface area (Å²) >= 11 is 0. The van der Waals surface area contributed by atoms with Gasteiger partial charge in [0.1, 0.15) is 41.9 Å². The zero-order chi connectivity index (χ0) is 21.5. The molecule has 166 valence electrons. The van der Waals surface area contributed by atoms with Crippen molar-refractivity contribution in [1.29, 1.82) is 0 Å². The summed E-state index contributed by atoms with van der Waals surface area (Å²) in [7, 11) is 0. The number of H-pyrrole nitrogens is 1. The third kappa shape index (κ3) is 3.80. The van der Waals surface area contributed by atoms with Gasteiger partial charge in [-0.25, -0.2) is 0 Å². The summed E-state index contributed by atoms with van der Waals surface area (Å²) in [6.07, 6.45) is -8.24. The predicted octanol–water partition coefficient (Wildman–Crippen LogP) is -2.19. The number of ether oxygens (including phenoxy) is 4. The van der Waals surface area contributed by atoms with Gasteiger partial charge in [0, 0.05) is 17.1 Å². The minimum Gasteiger partial charge on any atom is -0.460 e. The number of nitrogens with one attached hydrogen (secondary N) is 1. The van der Waals surface area contributed by atoms with Gasteiger partial charge in [0.25, 0.3) is 0 Å². The molecular weight excluding hydrogens is 402 g/mol. The van der Waals surface area contributed by atoms with E-state index in [1.807, 2.05) is 24.3 Å². The van der Waals surface area contributed by atoms with Crippen LogP contribution < -0.4 is 4.74 Å². The average Bonchev–Trinajstić information content (AvgIpc) is 3.29. The molecule has 0 saturated carbocycles. The Kier molecular flexibility index (Phi) is 5.99. The van der Waals surface area contributed by atoms with Crippen LogP contribution in [0.25, 0.3) is 10.9 Å². The highest BCUT2D eigenvalue weighted by atomic mass is 16.7. The second-order valence-corrected chi connectivity index (χ2v) is 7.55. The molecule has 1 aromatic heterocycles. The number of hydrogen-bond acceptors (Lipinski definition) is 10. The smallest absolute Gasteiger partial charge is 0.229 e. The van der Waals surface area contributed by atoms with Gasteiger partial charge in [-0.2, -0.15) is 0 Å². The van der Waals surface area contributed by atoms with E-state index in [4.69, 9.17) is 18.9 Å². The molecule has 8 unspecified atom stereocenters. The normalized spacial score (nSPS) is 39.5. The van der Waals surface area contributed by atoms with E-state index < -0.39 is 55.3 Å². The molecule has 2 aliphatic rings. The van der Waals surface area contributed by atoms with Gasteiger partial charge >= 0.3 is 0 Å². The Labute approximate surface area is 171 Å². The fourth-order valence-corrected chi connectivity index (χ4v) is 3.54. The van der Waals surface area contributed by atoms with Gasteiger partial charge in [-0.1, -0.05) is 12.1 Å². The van der Waals surface area contributed by atoms with Crippen LogP contribution in [0.15, 0.2) is 30.5 Å². The van der Waals surface area contributed by atoms with Crippen molar-refractivity contribution in [2.75, 3.05) is 19.8 Å². The molecule has 11 heteroatoms. The number of fused-ring (bicyclic) bond motifs is 1. The number of aliphatic hydroxyl groups is 6. The molecule has 2 aliphatic heterocycles. The van der Waals surface area contributed by atoms with Crippen LogP contribution in [0.3, 0.4) is 0 Å². The van der Waals surface area contributed by atoms with E-state index in [0.717, 1.165) is 10.9 Å². The molecule has 3 heterocycles. The van der Waals surface area contributed by atoms with Crippen molar-refractivity contribution >= 4 is 10.9 Å². The predicted molar refractivity (Wildman–Crippen MR) is 99.3 cm³/mol. The Balaban J connectivity index is 1.43. The molecule has 30 heavy (non-hydrogen) atoms. The Morgan fingerprint density at radius 1 is 1.07 bits per heavy atom. The fraction of sp³-hybridized carbons (Fsp3) is 0.579.